The second kappa shape index (κ2) is 8.81. The molecule has 0 bridgehead atoms. The molecule has 0 radical (unpaired) electrons. The number of amides is 2. The van der Waals surface area contributed by atoms with Gasteiger partial charge in [0.25, 0.3) is 5.91 Å². The highest BCUT2D eigenvalue weighted by Gasteiger charge is 2.07. The van der Waals surface area contributed by atoms with E-state index in [9.17, 15) is 9.59 Å². The van der Waals surface area contributed by atoms with E-state index in [1.807, 2.05) is 0 Å². The van der Waals surface area contributed by atoms with Crippen molar-refractivity contribution in [2.24, 2.45) is 0 Å². The minimum atomic E-state index is -0.411. The number of hydrogen-bond donors (Lipinski definition) is 2. The molecule has 1 aromatic heterocycles. The van der Waals surface area contributed by atoms with Crippen molar-refractivity contribution < 1.29 is 14.3 Å². The van der Waals surface area contributed by atoms with E-state index in [1.54, 1.807) is 59.5 Å². The van der Waals surface area contributed by atoms with Gasteiger partial charge in [0.15, 0.2) is 6.61 Å². The third-order valence-electron chi connectivity index (χ3n) is 3.45. The van der Waals surface area contributed by atoms with E-state index in [-0.39, 0.29) is 19.1 Å². The number of carbonyl (C=O) groups excluding carboxylic acids is 2. The Morgan fingerprint density at radius 3 is 2.63 bits per heavy atom. The number of hydrogen-bond acceptors (Lipinski definition) is 5. The van der Waals surface area contributed by atoms with Crippen LogP contribution in [0.2, 0.25) is 5.02 Å². The minimum absolute atomic E-state index is 0.164. The lowest BCUT2D eigenvalue weighted by molar-refractivity contribution is -0.125. The number of halogens is 1. The van der Waals surface area contributed by atoms with Crippen LogP contribution in [0.3, 0.4) is 0 Å². The molecule has 0 aliphatic rings. The summed E-state index contributed by atoms with van der Waals surface area (Å²) in [6.45, 7) is -0.372. The standard InChI is InChI=1S/C18H16ClN5O3/c19-13-2-1-3-16(8-13)27-10-18(26)21-9-17(25)23-14-4-6-15(7-5-14)24-12-20-11-22-24/h1-8,11-12H,9-10H2,(H,21,26)(H,23,25). The van der Waals surface area contributed by atoms with Crippen LogP contribution >= 0.6 is 11.6 Å². The van der Waals surface area contributed by atoms with Crippen molar-refractivity contribution in [3.63, 3.8) is 0 Å². The van der Waals surface area contributed by atoms with Crippen LogP contribution in [0.4, 0.5) is 5.69 Å². The third-order valence-corrected chi connectivity index (χ3v) is 3.68. The van der Waals surface area contributed by atoms with E-state index < -0.39 is 5.91 Å². The van der Waals surface area contributed by atoms with Gasteiger partial charge in [0, 0.05) is 10.7 Å². The van der Waals surface area contributed by atoms with Crippen molar-refractivity contribution in [2.45, 2.75) is 0 Å². The molecule has 0 fully saturated rings. The number of ether oxygens (including phenoxy) is 1. The Morgan fingerprint density at radius 2 is 1.93 bits per heavy atom. The Morgan fingerprint density at radius 1 is 1.11 bits per heavy atom. The van der Waals surface area contributed by atoms with Crippen molar-refractivity contribution in [3.8, 4) is 11.4 Å². The molecule has 2 amide bonds. The number of benzene rings is 2. The van der Waals surface area contributed by atoms with Gasteiger partial charge in [0.1, 0.15) is 18.4 Å². The Hall–Kier alpha value is -3.39. The van der Waals surface area contributed by atoms with Gasteiger partial charge < -0.3 is 15.4 Å². The summed E-state index contributed by atoms with van der Waals surface area (Å²) in [5, 5.41) is 9.72. The average Bonchev–Trinajstić information content (AvgIpc) is 3.20. The van der Waals surface area contributed by atoms with Gasteiger partial charge in [-0.2, -0.15) is 5.10 Å². The lowest BCUT2D eigenvalue weighted by Gasteiger charge is -2.09. The molecule has 0 aliphatic heterocycles. The van der Waals surface area contributed by atoms with Crippen molar-refractivity contribution in [3.05, 3.63) is 66.2 Å². The highest BCUT2D eigenvalue weighted by Crippen LogP contribution is 2.16. The SMILES string of the molecule is O=C(COc1cccc(Cl)c1)NCC(=O)Nc1ccc(-n2cncn2)cc1. The van der Waals surface area contributed by atoms with Crippen molar-refractivity contribution in [1.82, 2.24) is 20.1 Å². The molecule has 2 N–H and O–H groups in total. The van der Waals surface area contributed by atoms with Gasteiger partial charge in [-0.25, -0.2) is 9.67 Å². The molecule has 9 heteroatoms. The Kier molecular flexibility index (Phi) is 6.01. The minimum Gasteiger partial charge on any atom is -0.484 e. The summed E-state index contributed by atoms with van der Waals surface area (Å²) < 4.78 is 6.91. The summed E-state index contributed by atoms with van der Waals surface area (Å²) in [7, 11) is 0. The lowest BCUT2D eigenvalue weighted by Crippen LogP contribution is -2.35. The van der Waals surface area contributed by atoms with E-state index in [2.05, 4.69) is 20.7 Å². The molecule has 0 unspecified atom stereocenters. The quantitative estimate of drug-likeness (QED) is 0.648. The zero-order valence-corrected chi connectivity index (χ0v) is 14.9. The zero-order valence-electron chi connectivity index (χ0n) is 14.1. The van der Waals surface area contributed by atoms with Crippen LogP contribution < -0.4 is 15.4 Å². The van der Waals surface area contributed by atoms with Crippen LogP contribution in [0.1, 0.15) is 0 Å². The first-order chi connectivity index (χ1) is 13.1. The van der Waals surface area contributed by atoms with Crippen LogP contribution in [0.15, 0.2) is 61.2 Å². The molecule has 3 rings (SSSR count). The normalized spacial score (nSPS) is 10.3. The van der Waals surface area contributed by atoms with E-state index in [0.717, 1.165) is 5.69 Å². The molecule has 1 heterocycles. The molecule has 2 aromatic carbocycles. The summed E-state index contributed by atoms with van der Waals surface area (Å²) >= 11 is 5.84. The Labute approximate surface area is 160 Å². The van der Waals surface area contributed by atoms with E-state index in [0.29, 0.717) is 16.5 Å². The monoisotopic (exact) mass is 385 g/mol. The first-order valence-corrected chi connectivity index (χ1v) is 8.38. The first kappa shape index (κ1) is 18.4. The van der Waals surface area contributed by atoms with E-state index in [4.69, 9.17) is 16.3 Å². The summed E-state index contributed by atoms with van der Waals surface area (Å²) in [5.41, 5.74) is 1.42. The number of aromatic nitrogens is 3. The molecule has 27 heavy (non-hydrogen) atoms. The number of rotatable bonds is 7. The van der Waals surface area contributed by atoms with Crippen LogP contribution in [-0.2, 0) is 9.59 Å². The molecule has 8 nitrogen and oxygen atoms in total. The zero-order chi connectivity index (χ0) is 19.1. The predicted octanol–water partition coefficient (Wildman–Crippen LogP) is 2.05. The number of carbonyl (C=O) groups is 2. The lowest BCUT2D eigenvalue weighted by atomic mass is 10.3. The van der Waals surface area contributed by atoms with Gasteiger partial charge >= 0.3 is 0 Å². The molecule has 0 atom stereocenters. The molecular weight excluding hydrogens is 370 g/mol. The van der Waals surface area contributed by atoms with Crippen molar-refractivity contribution >= 4 is 29.1 Å². The highest BCUT2D eigenvalue weighted by molar-refractivity contribution is 6.30. The average molecular weight is 386 g/mol. The largest absolute Gasteiger partial charge is 0.484 e. The molecule has 138 valence electrons. The molecule has 0 spiro atoms. The number of nitrogens with one attached hydrogen (secondary N) is 2. The molecule has 0 saturated carbocycles. The van der Waals surface area contributed by atoms with E-state index >= 15 is 0 Å². The van der Waals surface area contributed by atoms with Crippen LogP contribution in [0.5, 0.6) is 5.75 Å². The Bertz CT molecular complexity index is 913. The maximum Gasteiger partial charge on any atom is 0.258 e. The van der Waals surface area contributed by atoms with Crippen molar-refractivity contribution in [1.29, 1.82) is 0 Å². The summed E-state index contributed by atoms with van der Waals surface area (Å²) in [4.78, 5) is 27.6. The second-order valence-corrected chi connectivity index (χ2v) is 5.89. The van der Waals surface area contributed by atoms with Gasteiger partial charge in [0.05, 0.1) is 12.2 Å². The predicted molar refractivity (Wildman–Crippen MR) is 99.9 cm³/mol. The summed E-state index contributed by atoms with van der Waals surface area (Å²) in [5.74, 6) is -0.277. The summed E-state index contributed by atoms with van der Waals surface area (Å²) in [6.07, 6.45) is 3.02. The van der Waals surface area contributed by atoms with Gasteiger partial charge in [-0.3, -0.25) is 9.59 Å². The summed E-state index contributed by atoms with van der Waals surface area (Å²) in [6, 6.07) is 13.8. The maximum absolute atomic E-state index is 11.9. The fraction of sp³-hybridized carbons (Fsp3) is 0.111. The second-order valence-electron chi connectivity index (χ2n) is 5.46. The topological polar surface area (TPSA) is 98.1 Å². The smallest absolute Gasteiger partial charge is 0.258 e. The molecule has 3 aromatic rings. The maximum atomic E-state index is 11.9. The van der Waals surface area contributed by atoms with Crippen LogP contribution in [0.25, 0.3) is 5.69 Å². The van der Waals surface area contributed by atoms with Gasteiger partial charge in [0.2, 0.25) is 5.91 Å². The van der Waals surface area contributed by atoms with Crippen molar-refractivity contribution in [2.75, 3.05) is 18.5 Å². The molecule has 0 saturated heterocycles. The molecule has 0 aliphatic carbocycles. The fourth-order valence-corrected chi connectivity index (χ4v) is 2.36. The van der Waals surface area contributed by atoms with Crippen LogP contribution in [-0.4, -0.2) is 39.7 Å². The Balaban J connectivity index is 1.42. The number of anilines is 1. The third kappa shape index (κ3) is 5.55. The van der Waals surface area contributed by atoms with Gasteiger partial charge in [-0.05, 0) is 42.5 Å². The highest BCUT2D eigenvalue weighted by atomic mass is 35.5. The first-order valence-electron chi connectivity index (χ1n) is 8.00. The number of nitrogens with zero attached hydrogens (tertiary/aromatic N) is 3. The fourth-order valence-electron chi connectivity index (χ4n) is 2.18. The molecular formula is C18H16ClN5O3. The van der Waals surface area contributed by atoms with E-state index in [1.165, 1.54) is 6.33 Å². The van der Waals surface area contributed by atoms with Gasteiger partial charge in [-0.1, -0.05) is 17.7 Å². The van der Waals surface area contributed by atoms with Gasteiger partial charge in [-0.15, -0.1) is 0 Å². The van der Waals surface area contributed by atoms with Crippen LogP contribution in [0, 0.1) is 0 Å².